The molecule has 2 rings (SSSR count). The quantitative estimate of drug-likeness (QED) is 0.526. The van der Waals surface area contributed by atoms with E-state index in [9.17, 15) is 4.79 Å². The summed E-state index contributed by atoms with van der Waals surface area (Å²) in [7, 11) is 1.71. The van der Waals surface area contributed by atoms with Crippen molar-refractivity contribution in [1.82, 2.24) is 9.47 Å². The molecule has 0 radical (unpaired) electrons. The van der Waals surface area contributed by atoms with Gasteiger partial charge in [-0.2, -0.15) is 0 Å². The van der Waals surface area contributed by atoms with E-state index in [-0.39, 0.29) is 5.91 Å². The molecule has 142 valence electrons. The maximum absolute atomic E-state index is 12.7. The highest BCUT2D eigenvalue weighted by atomic mass is 16.5. The van der Waals surface area contributed by atoms with E-state index >= 15 is 0 Å². The molecule has 0 N–H and O–H groups in total. The monoisotopic (exact) mass is 356 g/mol. The van der Waals surface area contributed by atoms with Crippen LogP contribution in [0, 0.1) is 0 Å². The second kappa shape index (κ2) is 11.5. The van der Waals surface area contributed by atoms with E-state index < -0.39 is 0 Å². The van der Waals surface area contributed by atoms with Crippen molar-refractivity contribution in [3.63, 3.8) is 0 Å². The summed E-state index contributed by atoms with van der Waals surface area (Å²) in [5, 5.41) is 0. The van der Waals surface area contributed by atoms with Gasteiger partial charge >= 0.3 is 0 Å². The van der Waals surface area contributed by atoms with Crippen molar-refractivity contribution in [2.45, 2.75) is 52.1 Å². The number of carbonyl (C=O) groups excluding carboxylic acids is 1. The smallest absolute Gasteiger partial charge is 0.222 e. The Morgan fingerprint density at radius 2 is 1.88 bits per heavy atom. The summed E-state index contributed by atoms with van der Waals surface area (Å²) in [5.41, 5.74) is 2.44. The van der Waals surface area contributed by atoms with E-state index in [1.54, 1.807) is 7.11 Å². The summed E-state index contributed by atoms with van der Waals surface area (Å²) >= 11 is 0. The minimum absolute atomic E-state index is 0.252. The van der Waals surface area contributed by atoms with Crippen LogP contribution >= 0.6 is 0 Å². The summed E-state index contributed by atoms with van der Waals surface area (Å²) in [4.78, 5) is 14.7. The van der Waals surface area contributed by atoms with Crippen LogP contribution in [0.25, 0.3) is 0 Å². The maximum atomic E-state index is 12.7. The molecule has 0 spiro atoms. The van der Waals surface area contributed by atoms with Gasteiger partial charge < -0.3 is 14.2 Å². The average molecular weight is 357 g/mol. The van der Waals surface area contributed by atoms with Gasteiger partial charge in [0, 0.05) is 45.1 Å². The number of rotatable bonds is 12. The predicted octanol–water partition coefficient (Wildman–Crippen LogP) is 4.48. The third kappa shape index (κ3) is 6.68. The molecule has 1 amide bonds. The first-order chi connectivity index (χ1) is 12.7. The molecule has 0 aliphatic rings. The fraction of sp³-hybridized carbons (Fsp3) is 0.500. The normalized spacial score (nSPS) is 10.8. The molecular formula is C22H32N2O2. The van der Waals surface area contributed by atoms with Gasteiger partial charge in [0.15, 0.2) is 0 Å². The number of aromatic nitrogens is 1. The number of hydrogen-bond acceptors (Lipinski definition) is 2. The van der Waals surface area contributed by atoms with Crippen LogP contribution in [0.3, 0.4) is 0 Å². The zero-order valence-electron chi connectivity index (χ0n) is 16.2. The Morgan fingerprint density at radius 3 is 2.62 bits per heavy atom. The first-order valence-corrected chi connectivity index (χ1v) is 9.69. The van der Waals surface area contributed by atoms with Crippen molar-refractivity contribution in [3.8, 4) is 0 Å². The van der Waals surface area contributed by atoms with E-state index in [0.717, 1.165) is 38.8 Å². The van der Waals surface area contributed by atoms with Crippen molar-refractivity contribution in [1.29, 1.82) is 0 Å². The lowest BCUT2D eigenvalue weighted by atomic mass is 10.2. The van der Waals surface area contributed by atoms with Gasteiger partial charge in [-0.05, 0) is 30.5 Å². The molecule has 0 unspecified atom stereocenters. The zero-order valence-corrected chi connectivity index (χ0v) is 16.2. The van der Waals surface area contributed by atoms with Gasteiger partial charge in [-0.15, -0.1) is 0 Å². The Bertz CT molecular complexity index is 637. The van der Waals surface area contributed by atoms with Crippen LogP contribution in [0.2, 0.25) is 0 Å². The number of nitrogens with zero attached hydrogens (tertiary/aromatic N) is 2. The summed E-state index contributed by atoms with van der Waals surface area (Å²) < 4.78 is 7.40. The molecule has 0 bridgehead atoms. The number of ether oxygens (including phenoxy) is 1. The van der Waals surface area contributed by atoms with E-state index in [4.69, 9.17) is 4.74 Å². The van der Waals surface area contributed by atoms with Crippen LogP contribution in [0.1, 0.15) is 50.3 Å². The highest BCUT2D eigenvalue weighted by Gasteiger charge is 2.15. The van der Waals surface area contributed by atoms with Gasteiger partial charge in [0.2, 0.25) is 5.91 Å². The Hall–Kier alpha value is -2.07. The third-order valence-electron chi connectivity index (χ3n) is 4.60. The van der Waals surface area contributed by atoms with Crippen molar-refractivity contribution in [2.24, 2.45) is 0 Å². The van der Waals surface area contributed by atoms with Crippen molar-refractivity contribution < 1.29 is 9.53 Å². The first-order valence-electron chi connectivity index (χ1n) is 9.69. The number of hydrogen-bond donors (Lipinski definition) is 0. The molecule has 1 heterocycles. The zero-order chi connectivity index (χ0) is 18.6. The van der Waals surface area contributed by atoms with Crippen LogP contribution in [0.15, 0.2) is 48.7 Å². The van der Waals surface area contributed by atoms with E-state index in [1.165, 1.54) is 11.3 Å². The number of carbonyl (C=O) groups is 1. The number of amides is 1. The van der Waals surface area contributed by atoms with Gasteiger partial charge in [-0.1, -0.05) is 50.1 Å². The van der Waals surface area contributed by atoms with Crippen LogP contribution < -0.4 is 0 Å². The summed E-state index contributed by atoms with van der Waals surface area (Å²) in [6.07, 6.45) is 6.83. The molecule has 0 fully saturated rings. The second-order valence-corrected chi connectivity index (χ2v) is 6.73. The lowest BCUT2D eigenvalue weighted by molar-refractivity contribution is -0.132. The SMILES string of the molecule is CCCCCC(=O)N(CCCOC)Cc1cccn1Cc1ccccc1. The molecule has 1 aromatic heterocycles. The van der Waals surface area contributed by atoms with Gasteiger partial charge in [-0.25, -0.2) is 0 Å². The van der Waals surface area contributed by atoms with E-state index in [0.29, 0.717) is 19.6 Å². The highest BCUT2D eigenvalue weighted by molar-refractivity contribution is 5.76. The van der Waals surface area contributed by atoms with Gasteiger partial charge in [-0.3, -0.25) is 4.79 Å². The number of methoxy groups -OCH3 is 1. The topological polar surface area (TPSA) is 34.5 Å². The lowest BCUT2D eigenvalue weighted by Crippen LogP contribution is -2.32. The van der Waals surface area contributed by atoms with Gasteiger partial charge in [0.05, 0.1) is 6.54 Å². The summed E-state index contributed by atoms with van der Waals surface area (Å²) in [5.74, 6) is 0.252. The standard InChI is InChI=1S/C22H32N2O2/c1-3-4-6-14-22(25)24(16-10-17-26-2)19-21-13-9-15-23(21)18-20-11-7-5-8-12-20/h5,7-9,11-13,15H,3-4,6,10,14,16-19H2,1-2H3. The Labute approximate surface area is 157 Å². The minimum Gasteiger partial charge on any atom is -0.385 e. The largest absolute Gasteiger partial charge is 0.385 e. The molecule has 0 saturated heterocycles. The molecule has 1 aromatic carbocycles. The fourth-order valence-electron chi connectivity index (χ4n) is 3.10. The predicted molar refractivity (Wildman–Crippen MR) is 106 cm³/mol. The van der Waals surface area contributed by atoms with Crippen LogP contribution in [0.5, 0.6) is 0 Å². The Kier molecular flexibility index (Phi) is 8.98. The minimum atomic E-state index is 0.252. The van der Waals surface area contributed by atoms with Crippen LogP contribution in [-0.2, 0) is 22.6 Å². The molecule has 2 aromatic rings. The molecule has 0 saturated carbocycles. The molecule has 4 nitrogen and oxygen atoms in total. The number of benzene rings is 1. The molecular weight excluding hydrogens is 324 g/mol. The summed E-state index contributed by atoms with van der Waals surface area (Å²) in [6, 6.07) is 14.6. The third-order valence-corrected chi connectivity index (χ3v) is 4.60. The average Bonchev–Trinajstić information content (AvgIpc) is 3.08. The molecule has 0 aliphatic carbocycles. The van der Waals surface area contributed by atoms with Crippen molar-refractivity contribution >= 4 is 5.91 Å². The van der Waals surface area contributed by atoms with E-state index in [1.807, 2.05) is 11.0 Å². The molecule has 4 heteroatoms. The molecule has 0 aliphatic heterocycles. The van der Waals surface area contributed by atoms with Gasteiger partial charge in [0.25, 0.3) is 0 Å². The van der Waals surface area contributed by atoms with Crippen LogP contribution in [-0.4, -0.2) is 35.6 Å². The number of unbranched alkanes of at least 4 members (excludes halogenated alkanes) is 2. The Morgan fingerprint density at radius 1 is 1.08 bits per heavy atom. The summed E-state index contributed by atoms with van der Waals surface area (Å²) in [6.45, 7) is 5.09. The first kappa shape index (κ1) is 20.2. The van der Waals surface area contributed by atoms with E-state index in [2.05, 4.69) is 54.1 Å². The fourth-order valence-corrected chi connectivity index (χ4v) is 3.10. The molecule has 0 atom stereocenters. The maximum Gasteiger partial charge on any atom is 0.222 e. The Balaban J connectivity index is 2.02. The second-order valence-electron chi connectivity index (χ2n) is 6.73. The van der Waals surface area contributed by atoms with Crippen LogP contribution in [0.4, 0.5) is 0 Å². The van der Waals surface area contributed by atoms with Crippen molar-refractivity contribution in [3.05, 3.63) is 59.9 Å². The van der Waals surface area contributed by atoms with Gasteiger partial charge in [0.1, 0.15) is 0 Å². The lowest BCUT2D eigenvalue weighted by Gasteiger charge is -2.24. The molecule has 26 heavy (non-hydrogen) atoms. The van der Waals surface area contributed by atoms with Crippen molar-refractivity contribution in [2.75, 3.05) is 20.3 Å². The highest BCUT2D eigenvalue weighted by Crippen LogP contribution is 2.13.